The van der Waals surface area contributed by atoms with Crippen LogP contribution in [-0.4, -0.2) is 23.1 Å². The standard InChI is InChI=1S/C24H22F3N3O3S/c1-3-21(31)19-13-18(10-11-28-19)33-17-7-4-15(5-8-17)14-29-23(32)30-20-12-16(24(25,26)27)6-9-22(20)34-2/h4-13H,3,14H2,1-2H3,(H2,29,30,32). The molecule has 0 bridgehead atoms. The SMILES string of the molecule is CCC(=O)c1cc(Oc2ccc(CNC(=O)Nc3cc(C(F)(F)F)ccc3SC)cc2)ccn1. The first-order valence-electron chi connectivity index (χ1n) is 10.3. The second-order valence-electron chi connectivity index (χ2n) is 7.12. The van der Waals surface area contributed by atoms with E-state index >= 15 is 0 Å². The van der Waals surface area contributed by atoms with Gasteiger partial charge in [-0.25, -0.2) is 4.79 Å². The van der Waals surface area contributed by atoms with Gasteiger partial charge in [-0.3, -0.25) is 9.78 Å². The summed E-state index contributed by atoms with van der Waals surface area (Å²) in [7, 11) is 0. The van der Waals surface area contributed by atoms with E-state index in [1.165, 1.54) is 24.0 Å². The fourth-order valence-electron chi connectivity index (χ4n) is 2.95. The molecule has 2 aromatic carbocycles. The molecule has 0 spiro atoms. The minimum Gasteiger partial charge on any atom is -0.457 e. The number of carbonyl (C=O) groups is 2. The molecule has 178 valence electrons. The van der Waals surface area contributed by atoms with Crippen LogP contribution in [0.1, 0.15) is 35.0 Å². The zero-order chi connectivity index (χ0) is 24.7. The Morgan fingerprint density at radius 3 is 2.41 bits per heavy atom. The number of Topliss-reactive ketones (excluding diaryl/α,β-unsaturated/α-hetero) is 1. The summed E-state index contributed by atoms with van der Waals surface area (Å²) < 4.78 is 44.7. The van der Waals surface area contributed by atoms with E-state index in [0.29, 0.717) is 28.5 Å². The van der Waals surface area contributed by atoms with E-state index in [4.69, 9.17) is 4.74 Å². The maximum atomic E-state index is 13.0. The van der Waals surface area contributed by atoms with E-state index in [0.717, 1.165) is 17.7 Å². The molecule has 0 saturated carbocycles. The van der Waals surface area contributed by atoms with Gasteiger partial charge < -0.3 is 15.4 Å². The predicted octanol–water partition coefficient (Wildman–Crippen LogP) is 6.53. The second-order valence-corrected chi connectivity index (χ2v) is 7.97. The molecule has 0 atom stereocenters. The number of anilines is 1. The summed E-state index contributed by atoms with van der Waals surface area (Å²) in [4.78, 5) is 28.6. The lowest BCUT2D eigenvalue weighted by Gasteiger charge is -2.14. The Morgan fingerprint density at radius 1 is 1.03 bits per heavy atom. The van der Waals surface area contributed by atoms with Crippen LogP contribution in [0.3, 0.4) is 0 Å². The van der Waals surface area contributed by atoms with Gasteiger partial charge in [-0.2, -0.15) is 13.2 Å². The number of urea groups is 1. The number of rotatable bonds is 8. The third-order valence-electron chi connectivity index (χ3n) is 4.73. The monoisotopic (exact) mass is 489 g/mol. The lowest BCUT2D eigenvalue weighted by molar-refractivity contribution is -0.137. The van der Waals surface area contributed by atoms with Crippen molar-refractivity contribution in [2.75, 3.05) is 11.6 Å². The van der Waals surface area contributed by atoms with Gasteiger partial charge in [0.1, 0.15) is 17.2 Å². The van der Waals surface area contributed by atoms with Crippen LogP contribution in [0.25, 0.3) is 0 Å². The Hall–Kier alpha value is -3.53. The maximum absolute atomic E-state index is 13.0. The fourth-order valence-corrected chi connectivity index (χ4v) is 3.48. The van der Waals surface area contributed by atoms with E-state index in [9.17, 15) is 22.8 Å². The van der Waals surface area contributed by atoms with Crippen LogP contribution in [0.2, 0.25) is 0 Å². The molecule has 2 amide bonds. The highest BCUT2D eigenvalue weighted by atomic mass is 32.2. The summed E-state index contributed by atoms with van der Waals surface area (Å²) >= 11 is 1.23. The van der Waals surface area contributed by atoms with Gasteiger partial charge in [0, 0.05) is 30.1 Å². The first kappa shape index (κ1) is 25.1. The van der Waals surface area contributed by atoms with Crippen molar-refractivity contribution >= 4 is 29.3 Å². The van der Waals surface area contributed by atoms with Crippen molar-refractivity contribution in [3.63, 3.8) is 0 Å². The number of amides is 2. The topological polar surface area (TPSA) is 80.3 Å². The number of nitrogens with zero attached hydrogens (tertiary/aromatic N) is 1. The molecule has 0 aliphatic rings. The third kappa shape index (κ3) is 6.74. The Morgan fingerprint density at radius 2 is 1.76 bits per heavy atom. The molecule has 1 heterocycles. The van der Waals surface area contributed by atoms with E-state index in [1.54, 1.807) is 49.6 Å². The number of alkyl halides is 3. The van der Waals surface area contributed by atoms with Crippen LogP contribution in [0, 0.1) is 0 Å². The number of pyridine rings is 1. The van der Waals surface area contributed by atoms with Gasteiger partial charge >= 0.3 is 12.2 Å². The molecule has 0 fully saturated rings. The molecule has 0 saturated heterocycles. The van der Waals surface area contributed by atoms with Crippen molar-refractivity contribution < 1.29 is 27.5 Å². The molecule has 0 unspecified atom stereocenters. The van der Waals surface area contributed by atoms with E-state index in [1.807, 2.05) is 0 Å². The normalized spacial score (nSPS) is 11.1. The zero-order valence-corrected chi connectivity index (χ0v) is 19.2. The summed E-state index contributed by atoms with van der Waals surface area (Å²) in [5.74, 6) is 0.922. The summed E-state index contributed by atoms with van der Waals surface area (Å²) in [5, 5.41) is 5.10. The van der Waals surface area contributed by atoms with Crippen molar-refractivity contribution in [2.45, 2.75) is 31.0 Å². The molecule has 6 nitrogen and oxygen atoms in total. The van der Waals surface area contributed by atoms with Gasteiger partial charge in [0.05, 0.1) is 11.3 Å². The van der Waals surface area contributed by atoms with Crippen molar-refractivity contribution in [1.29, 1.82) is 0 Å². The average Bonchev–Trinajstić information content (AvgIpc) is 2.82. The number of benzene rings is 2. The molecule has 0 radical (unpaired) electrons. The Balaban J connectivity index is 1.59. The number of thioether (sulfide) groups is 1. The molecule has 0 aliphatic heterocycles. The maximum Gasteiger partial charge on any atom is 0.416 e. The van der Waals surface area contributed by atoms with Crippen molar-refractivity contribution in [1.82, 2.24) is 10.3 Å². The largest absolute Gasteiger partial charge is 0.457 e. The lowest BCUT2D eigenvalue weighted by atomic mass is 10.2. The minimum absolute atomic E-state index is 0.0834. The number of nitrogens with one attached hydrogen (secondary N) is 2. The zero-order valence-electron chi connectivity index (χ0n) is 18.4. The van der Waals surface area contributed by atoms with Gasteiger partial charge in [0.25, 0.3) is 0 Å². The highest BCUT2D eigenvalue weighted by Gasteiger charge is 2.31. The minimum atomic E-state index is -4.50. The molecular formula is C24H22F3N3O3S. The summed E-state index contributed by atoms with van der Waals surface area (Å²) in [6.45, 7) is 1.91. The summed E-state index contributed by atoms with van der Waals surface area (Å²) in [5.41, 5.74) is 0.337. The van der Waals surface area contributed by atoms with E-state index in [-0.39, 0.29) is 18.0 Å². The van der Waals surface area contributed by atoms with Crippen LogP contribution in [0.15, 0.2) is 65.7 Å². The quantitative estimate of drug-likeness (QED) is 0.278. The number of ketones is 1. The van der Waals surface area contributed by atoms with Gasteiger partial charge in [-0.1, -0.05) is 19.1 Å². The van der Waals surface area contributed by atoms with Crippen LogP contribution in [-0.2, 0) is 12.7 Å². The van der Waals surface area contributed by atoms with Gasteiger partial charge in [-0.15, -0.1) is 11.8 Å². The lowest BCUT2D eigenvalue weighted by Crippen LogP contribution is -2.28. The van der Waals surface area contributed by atoms with Crippen molar-refractivity contribution in [2.24, 2.45) is 0 Å². The summed E-state index contributed by atoms with van der Waals surface area (Å²) in [6.07, 6.45) is -0.944. The molecule has 3 rings (SSSR count). The molecular weight excluding hydrogens is 467 g/mol. The Kier molecular flexibility index (Phi) is 8.17. The molecule has 34 heavy (non-hydrogen) atoms. The predicted molar refractivity (Wildman–Crippen MR) is 124 cm³/mol. The van der Waals surface area contributed by atoms with Gasteiger partial charge in [-0.05, 0) is 48.2 Å². The number of carbonyl (C=O) groups excluding carboxylic acids is 2. The van der Waals surface area contributed by atoms with Gasteiger partial charge in [0.2, 0.25) is 0 Å². The first-order chi connectivity index (χ1) is 16.2. The number of aromatic nitrogens is 1. The number of hydrogen-bond acceptors (Lipinski definition) is 5. The van der Waals surface area contributed by atoms with E-state index < -0.39 is 17.8 Å². The fraction of sp³-hybridized carbons (Fsp3) is 0.208. The number of halogens is 3. The molecule has 2 N–H and O–H groups in total. The highest BCUT2D eigenvalue weighted by molar-refractivity contribution is 7.98. The number of ether oxygens (including phenoxy) is 1. The molecule has 10 heteroatoms. The first-order valence-corrected chi connectivity index (χ1v) is 11.5. The highest BCUT2D eigenvalue weighted by Crippen LogP contribution is 2.34. The van der Waals surface area contributed by atoms with Crippen molar-refractivity contribution in [3.8, 4) is 11.5 Å². The number of hydrogen-bond donors (Lipinski definition) is 2. The Labute approximate surface area is 198 Å². The van der Waals surface area contributed by atoms with Crippen LogP contribution in [0.4, 0.5) is 23.7 Å². The second kappa shape index (κ2) is 11.1. The van der Waals surface area contributed by atoms with Gasteiger partial charge in [0.15, 0.2) is 5.78 Å². The molecule has 0 aliphatic carbocycles. The molecule has 1 aromatic heterocycles. The van der Waals surface area contributed by atoms with Crippen molar-refractivity contribution in [3.05, 3.63) is 77.6 Å². The van der Waals surface area contributed by atoms with Crippen LogP contribution in [0.5, 0.6) is 11.5 Å². The van der Waals surface area contributed by atoms with Crippen LogP contribution >= 0.6 is 11.8 Å². The third-order valence-corrected chi connectivity index (χ3v) is 5.52. The average molecular weight is 490 g/mol. The molecule has 3 aromatic rings. The summed E-state index contributed by atoms with van der Waals surface area (Å²) in [6, 6.07) is 12.7. The van der Waals surface area contributed by atoms with E-state index in [2.05, 4.69) is 15.6 Å². The Bertz CT molecular complexity index is 1170. The smallest absolute Gasteiger partial charge is 0.416 e. The van der Waals surface area contributed by atoms with Crippen LogP contribution < -0.4 is 15.4 Å².